The number of benzene rings is 1. The van der Waals surface area contributed by atoms with Crippen molar-refractivity contribution in [1.82, 2.24) is 15.6 Å². The molecule has 0 aliphatic carbocycles. The number of thioether (sulfide) groups is 1. The maximum absolute atomic E-state index is 12.8. The lowest BCUT2D eigenvalue weighted by Gasteiger charge is -2.23. The first kappa shape index (κ1) is 23.8. The monoisotopic (exact) mass is 434 g/mol. The van der Waals surface area contributed by atoms with E-state index in [0.717, 1.165) is 16.5 Å². The van der Waals surface area contributed by atoms with Gasteiger partial charge < -0.3 is 26.5 Å². The van der Waals surface area contributed by atoms with Gasteiger partial charge in [0.25, 0.3) is 0 Å². The van der Waals surface area contributed by atoms with Crippen molar-refractivity contribution in [3.8, 4) is 0 Å². The molecule has 30 heavy (non-hydrogen) atoms. The number of carboxylic acid groups (broad SMARTS) is 1. The van der Waals surface area contributed by atoms with Crippen LogP contribution in [0.1, 0.15) is 25.8 Å². The lowest BCUT2D eigenvalue weighted by Crippen LogP contribution is -2.55. The number of carbonyl (C=O) groups is 3. The molecule has 9 heteroatoms. The molecule has 8 nitrogen and oxygen atoms in total. The summed E-state index contributed by atoms with van der Waals surface area (Å²) in [6, 6.07) is 4.86. The van der Waals surface area contributed by atoms with E-state index in [-0.39, 0.29) is 12.3 Å². The van der Waals surface area contributed by atoms with Gasteiger partial charge in [-0.15, -0.1) is 0 Å². The predicted octanol–water partition coefficient (Wildman–Crippen LogP) is 1.50. The van der Waals surface area contributed by atoms with Crippen LogP contribution in [0.4, 0.5) is 0 Å². The van der Waals surface area contributed by atoms with E-state index in [4.69, 9.17) is 5.73 Å². The Balaban J connectivity index is 2.13. The van der Waals surface area contributed by atoms with E-state index in [1.807, 2.05) is 44.4 Å². The third kappa shape index (κ3) is 6.24. The van der Waals surface area contributed by atoms with Gasteiger partial charge in [0.15, 0.2) is 0 Å². The Bertz CT molecular complexity index is 883. The fraction of sp³-hybridized carbons (Fsp3) is 0.476. The zero-order chi connectivity index (χ0) is 22.3. The molecular weight excluding hydrogens is 404 g/mol. The van der Waals surface area contributed by atoms with E-state index in [2.05, 4.69) is 15.6 Å². The van der Waals surface area contributed by atoms with Crippen molar-refractivity contribution in [2.75, 3.05) is 12.0 Å². The molecule has 3 unspecified atom stereocenters. The summed E-state index contributed by atoms with van der Waals surface area (Å²) in [7, 11) is 0. The summed E-state index contributed by atoms with van der Waals surface area (Å²) in [5.74, 6) is -1.53. The van der Waals surface area contributed by atoms with E-state index in [9.17, 15) is 19.5 Å². The Morgan fingerprint density at radius 2 is 1.80 bits per heavy atom. The summed E-state index contributed by atoms with van der Waals surface area (Å²) in [5.41, 5.74) is 7.58. The number of aliphatic carboxylic acids is 1. The van der Waals surface area contributed by atoms with Gasteiger partial charge in [0.1, 0.15) is 12.1 Å². The molecule has 1 aromatic carbocycles. The summed E-state index contributed by atoms with van der Waals surface area (Å²) in [6.07, 6.45) is 4.15. The first-order chi connectivity index (χ1) is 14.2. The second kappa shape index (κ2) is 11.0. The molecular formula is C21H30N4O4S. The summed E-state index contributed by atoms with van der Waals surface area (Å²) in [6.45, 7) is 3.64. The van der Waals surface area contributed by atoms with E-state index < -0.39 is 35.9 Å². The number of carbonyl (C=O) groups excluding carboxylic acids is 2. The van der Waals surface area contributed by atoms with Gasteiger partial charge >= 0.3 is 5.97 Å². The quantitative estimate of drug-likeness (QED) is 0.363. The van der Waals surface area contributed by atoms with Crippen molar-refractivity contribution >= 4 is 40.4 Å². The third-order valence-electron chi connectivity index (χ3n) is 4.98. The van der Waals surface area contributed by atoms with Crippen LogP contribution in [0.25, 0.3) is 10.9 Å². The van der Waals surface area contributed by atoms with Gasteiger partial charge in [-0.1, -0.05) is 32.0 Å². The molecule has 0 aliphatic rings. The van der Waals surface area contributed by atoms with Gasteiger partial charge in [-0.3, -0.25) is 9.59 Å². The van der Waals surface area contributed by atoms with Crippen molar-refractivity contribution in [1.29, 1.82) is 0 Å². The highest BCUT2D eigenvalue weighted by atomic mass is 32.2. The molecule has 6 N–H and O–H groups in total. The lowest BCUT2D eigenvalue weighted by atomic mass is 10.0. The Morgan fingerprint density at radius 3 is 2.43 bits per heavy atom. The zero-order valence-electron chi connectivity index (χ0n) is 17.5. The standard InChI is InChI=1S/C21H30N4O4S/c1-12(2)18(22)20(27)24-16(8-9-30-3)19(26)25-17(21(28)29)10-13-11-23-15-7-5-4-6-14(13)15/h4-7,11-12,16-18,23H,8-10,22H2,1-3H3,(H,24,27)(H,25,26)(H,28,29). The normalized spacial score (nSPS) is 14.3. The Morgan fingerprint density at radius 1 is 1.13 bits per heavy atom. The lowest BCUT2D eigenvalue weighted by molar-refractivity contribution is -0.142. The summed E-state index contributed by atoms with van der Waals surface area (Å²) in [5, 5.41) is 15.8. The topological polar surface area (TPSA) is 137 Å². The van der Waals surface area contributed by atoms with Crippen molar-refractivity contribution in [2.45, 2.75) is 44.8 Å². The summed E-state index contributed by atoms with van der Waals surface area (Å²) in [4.78, 5) is 40.1. The van der Waals surface area contributed by atoms with Gasteiger partial charge in [0, 0.05) is 23.5 Å². The predicted molar refractivity (Wildman–Crippen MR) is 119 cm³/mol. The maximum Gasteiger partial charge on any atom is 0.326 e. The number of amides is 2. The van der Waals surface area contributed by atoms with E-state index in [0.29, 0.717) is 12.2 Å². The second-order valence-corrected chi connectivity index (χ2v) is 8.56. The minimum absolute atomic E-state index is 0.0806. The Hall–Kier alpha value is -2.52. The average molecular weight is 435 g/mol. The van der Waals surface area contributed by atoms with E-state index in [1.165, 1.54) is 11.8 Å². The van der Waals surface area contributed by atoms with Crippen LogP contribution in [-0.2, 0) is 20.8 Å². The van der Waals surface area contributed by atoms with Crippen LogP contribution in [0.2, 0.25) is 0 Å². The number of aromatic nitrogens is 1. The third-order valence-corrected chi connectivity index (χ3v) is 5.62. The highest BCUT2D eigenvalue weighted by Crippen LogP contribution is 2.19. The molecule has 0 bridgehead atoms. The largest absolute Gasteiger partial charge is 0.480 e. The number of nitrogens with two attached hydrogens (primary N) is 1. The molecule has 2 amide bonds. The Labute approximate surface area is 180 Å². The van der Waals surface area contributed by atoms with E-state index in [1.54, 1.807) is 6.20 Å². The van der Waals surface area contributed by atoms with Crippen molar-refractivity contribution in [3.05, 3.63) is 36.0 Å². The van der Waals surface area contributed by atoms with Crippen molar-refractivity contribution in [2.24, 2.45) is 11.7 Å². The SMILES string of the molecule is CSCCC(NC(=O)C(N)C(C)C)C(=O)NC(Cc1c[nH]c2ccccc12)C(=O)O. The van der Waals surface area contributed by atoms with Crippen LogP contribution in [0.5, 0.6) is 0 Å². The smallest absolute Gasteiger partial charge is 0.326 e. The molecule has 0 fully saturated rings. The van der Waals surface area contributed by atoms with Crippen LogP contribution < -0.4 is 16.4 Å². The molecule has 0 saturated carbocycles. The molecule has 2 rings (SSSR count). The minimum Gasteiger partial charge on any atom is -0.480 e. The van der Waals surface area contributed by atoms with E-state index >= 15 is 0 Å². The molecule has 0 saturated heterocycles. The number of hydrogen-bond acceptors (Lipinski definition) is 5. The molecule has 2 aromatic rings. The van der Waals surface area contributed by atoms with Crippen LogP contribution in [0.15, 0.2) is 30.5 Å². The van der Waals surface area contributed by atoms with Crippen LogP contribution in [0.3, 0.4) is 0 Å². The molecule has 0 spiro atoms. The highest BCUT2D eigenvalue weighted by molar-refractivity contribution is 7.98. The number of aromatic amines is 1. The van der Waals surface area contributed by atoms with Gasteiger partial charge in [0.05, 0.1) is 6.04 Å². The van der Waals surface area contributed by atoms with Crippen molar-refractivity contribution in [3.63, 3.8) is 0 Å². The first-order valence-electron chi connectivity index (χ1n) is 9.87. The van der Waals surface area contributed by atoms with Gasteiger partial charge in [0.2, 0.25) is 11.8 Å². The maximum atomic E-state index is 12.8. The number of rotatable bonds is 11. The number of nitrogens with one attached hydrogen (secondary N) is 3. The van der Waals surface area contributed by atoms with Crippen LogP contribution >= 0.6 is 11.8 Å². The average Bonchev–Trinajstić information content (AvgIpc) is 3.12. The first-order valence-corrected chi connectivity index (χ1v) is 11.3. The zero-order valence-corrected chi connectivity index (χ0v) is 18.3. The fourth-order valence-electron chi connectivity index (χ4n) is 3.07. The summed E-state index contributed by atoms with van der Waals surface area (Å²) < 4.78 is 0. The van der Waals surface area contributed by atoms with Crippen LogP contribution in [0, 0.1) is 5.92 Å². The highest BCUT2D eigenvalue weighted by Gasteiger charge is 2.29. The molecule has 0 radical (unpaired) electrons. The van der Waals surface area contributed by atoms with Gasteiger partial charge in [-0.2, -0.15) is 11.8 Å². The molecule has 0 aliphatic heterocycles. The van der Waals surface area contributed by atoms with Gasteiger partial charge in [-0.25, -0.2) is 4.79 Å². The Kier molecular flexibility index (Phi) is 8.73. The number of fused-ring (bicyclic) bond motifs is 1. The number of carboxylic acids is 1. The minimum atomic E-state index is -1.14. The number of para-hydroxylation sites is 1. The van der Waals surface area contributed by atoms with Crippen LogP contribution in [-0.4, -0.2) is 58.0 Å². The second-order valence-electron chi connectivity index (χ2n) is 7.58. The number of H-pyrrole nitrogens is 1. The fourth-order valence-corrected chi connectivity index (χ4v) is 3.54. The molecule has 1 heterocycles. The molecule has 3 atom stereocenters. The van der Waals surface area contributed by atoms with Gasteiger partial charge in [-0.05, 0) is 36.0 Å². The summed E-state index contributed by atoms with van der Waals surface area (Å²) >= 11 is 1.54. The molecule has 1 aromatic heterocycles. The number of hydrogen-bond donors (Lipinski definition) is 5. The molecule has 164 valence electrons. The van der Waals surface area contributed by atoms with Crippen molar-refractivity contribution < 1.29 is 19.5 Å².